The van der Waals surface area contributed by atoms with E-state index < -0.39 is 14.9 Å². The zero-order chi connectivity index (χ0) is 19.6. The van der Waals surface area contributed by atoms with Crippen LogP contribution in [0, 0.1) is 17.0 Å². The smallest absolute Gasteiger partial charge is 0.273 e. The Balaban J connectivity index is 1.85. The monoisotopic (exact) mass is 396 g/mol. The van der Waals surface area contributed by atoms with Crippen LogP contribution in [0.4, 0.5) is 5.69 Å². The molecule has 1 aromatic rings. The highest BCUT2D eigenvalue weighted by molar-refractivity contribution is 7.89. The number of hydrogen-bond donors (Lipinski definition) is 0. The second-order valence-corrected chi connectivity index (χ2v) is 9.42. The molecule has 2 aliphatic heterocycles. The fourth-order valence-electron chi connectivity index (χ4n) is 4.01. The minimum absolute atomic E-state index is 0.0516. The highest BCUT2D eigenvalue weighted by atomic mass is 32.2. The van der Waals surface area contributed by atoms with Crippen molar-refractivity contribution in [2.75, 3.05) is 46.3 Å². The molecule has 0 N–H and O–H groups in total. The standard InChI is InChI=1S/C18H28N4O4S/c1-15-17(22(23)24)7-5-8-18(15)27(25,26)21-9-4-3-6-16(14-21)20-12-10-19(2)11-13-20/h5,7-8,16H,3-4,6,9-14H2,1-2H3. The molecule has 1 aromatic carbocycles. The van der Waals surface area contributed by atoms with Gasteiger partial charge in [-0.25, -0.2) is 8.42 Å². The lowest BCUT2D eigenvalue weighted by molar-refractivity contribution is -0.385. The summed E-state index contributed by atoms with van der Waals surface area (Å²) >= 11 is 0. The fourth-order valence-corrected chi connectivity index (χ4v) is 5.77. The van der Waals surface area contributed by atoms with Gasteiger partial charge in [0, 0.05) is 56.9 Å². The first-order valence-electron chi connectivity index (χ1n) is 9.47. The third kappa shape index (κ3) is 4.31. The van der Waals surface area contributed by atoms with Crippen LogP contribution < -0.4 is 0 Å². The molecule has 0 spiro atoms. The zero-order valence-electron chi connectivity index (χ0n) is 16.0. The maximum atomic E-state index is 13.3. The van der Waals surface area contributed by atoms with Crippen LogP contribution in [0.2, 0.25) is 0 Å². The van der Waals surface area contributed by atoms with Crippen molar-refractivity contribution in [1.82, 2.24) is 14.1 Å². The van der Waals surface area contributed by atoms with Crippen LogP contribution in [-0.2, 0) is 10.0 Å². The number of nitro groups is 1. The number of piperazine rings is 1. The maximum absolute atomic E-state index is 13.3. The number of hydrogen-bond acceptors (Lipinski definition) is 6. The van der Waals surface area contributed by atoms with E-state index in [1.54, 1.807) is 0 Å². The number of nitro benzene ring substituents is 1. The minimum Gasteiger partial charge on any atom is -0.304 e. The molecule has 0 aliphatic carbocycles. The van der Waals surface area contributed by atoms with E-state index >= 15 is 0 Å². The van der Waals surface area contributed by atoms with Gasteiger partial charge in [-0.1, -0.05) is 12.5 Å². The average Bonchev–Trinajstić information content (AvgIpc) is 2.89. The van der Waals surface area contributed by atoms with Gasteiger partial charge in [-0.15, -0.1) is 0 Å². The van der Waals surface area contributed by atoms with Gasteiger partial charge in [0.2, 0.25) is 10.0 Å². The van der Waals surface area contributed by atoms with Gasteiger partial charge in [0.15, 0.2) is 0 Å². The van der Waals surface area contributed by atoms with Crippen molar-refractivity contribution in [1.29, 1.82) is 0 Å². The van der Waals surface area contributed by atoms with E-state index in [-0.39, 0.29) is 22.2 Å². The molecule has 8 nitrogen and oxygen atoms in total. The summed E-state index contributed by atoms with van der Waals surface area (Å²) in [6.07, 6.45) is 2.80. The van der Waals surface area contributed by atoms with Gasteiger partial charge in [-0.05, 0) is 32.9 Å². The Labute approximate surface area is 160 Å². The highest BCUT2D eigenvalue weighted by Crippen LogP contribution is 2.29. The SMILES string of the molecule is Cc1c([N+](=O)[O-])cccc1S(=O)(=O)N1CCCCC(N2CCN(C)CC2)C1. The normalized spacial score (nSPS) is 23.9. The lowest BCUT2D eigenvalue weighted by atomic mass is 10.1. The summed E-state index contributed by atoms with van der Waals surface area (Å²) in [5.41, 5.74) is 0.0596. The average molecular weight is 397 g/mol. The Bertz CT molecular complexity index is 791. The minimum atomic E-state index is -3.76. The van der Waals surface area contributed by atoms with E-state index in [1.807, 2.05) is 0 Å². The summed E-state index contributed by atoms with van der Waals surface area (Å²) < 4.78 is 28.1. The van der Waals surface area contributed by atoms with Crippen molar-refractivity contribution in [3.63, 3.8) is 0 Å². The molecular weight excluding hydrogens is 368 g/mol. The van der Waals surface area contributed by atoms with Crippen molar-refractivity contribution in [3.8, 4) is 0 Å². The molecule has 27 heavy (non-hydrogen) atoms. The van der Waals surface area contributed by atoms with Gasteiger partial charge in [-0.3, -0.25) is 15.0 Å². The van der Waals surface area contributed by atoms with E-state index in [2.05, 4.69) is 16.8 Å². The molecule has 1 atom stereocenters. The summed E-state index contributed by atoms with van der Waals surface area (Å²) in [5.74, 6) is 0. The Kier molecular flexibility index (Phi) is 6.15. The van der Waals surface area contributed by atoms with E-state index in [0.717, 1.165) is 45.4 Å². The molecule has 1 unspecified atom stereocenters. The molecule has 0 amide bonds. The number of likely N-dealkylation sites (N-methyl/N-ethyl adjacent to an activating group) is 1. The summed E-state index contributed by atoms with van der Waals surface area (Å²) in [6, 6.07) is 4.49. The van der Waals surface area contributed by atoms with Crippen molar-refractivity contribution < 1.29 is 13.3 Å². The van der Waals surface area contributed by atoms with Crippen molar-refractivity contribution in [2.24, 2.45) is 0 Å². The number of nitrogens with zero attached hydrogens (tertiary/aromatic N) is 4. The first kappa shape index (κ1) is 20.2. The predicted molar refractivity (Wildman–Crippen MR) is 103 cm³/mol. The van der Waals surface area contributed by atoms with Crippen LogP contribution in [0.5, 0.6) is 0 Å². The fraction of sp³-hybridized carbons (Fsp3) is 0.667. The van der Waals surface area contributed by atoms with Crippen molar-refractivity contribution in [3.05, 3.63) is 33.9 Å². The second-order valence-electron chi connectivity index (χ2n) is 7.51. The van der Waals surface area contributed by atoms with Crippen molar-refractivity contribution >= 4 is 15.7 Å². The Hall–Kier alpha value is -1.55. The third-order valence-electron chi connectivity index (χ3n) is 5.73. The molecule has 0 aromatic heterocycles. The van der Waals surface area contributed by atoms with E-state index in [9.17, 15) is 18.5 Å². The predicted octanol–water partition coefficient (Wildman–Crippen LogP) is 1.69. The quantitative estimate of drug-likeness (QED) is 0.569. The van der Waals surface area contributed by atoms with Crippen LogP contribution in [0.1, 0.15) is 24.8 Å². The summed E-state index contributed by atoms with van der Waals surface area (Å²) in [5, 5.41) is 11.2. The van der Waals surface area contributed by atoms with Gasteiger partial charge >= 0.3 is 0 Å². The van der Waals surface area contributed by atoms with Gasteiger partial charge in [-0.2, -0.15) is 4.31 Å². The molecule has 0 bridgehead atoms. The molecule has 2 aliphatic rings. The van der Waals surface area contributed by atoms with Crippen LogP contribution >= 0.6 is 0 Å². The summed E-state index contributed by atoms with van der Waals surface area (Å²) in [7, 11) is -1.66. The largest absolute Gasteiger partial charge is 0.304 e. The van der Waals surface area contributed by atoms with Crippen LogP contribution in [0.3, 0.4) is 0 Å². The first-order chi connectivity index (χ1) is 12.8. The van der Waals surface area contributed by atoms with Gasteiger partial charge in [0.05, 0.1) is 9.82 Å². The molecule has 2 heterocycles. The Morgan fingerprint density at radius 1 is 1.11 bits per heavy atom. The van der Waals surface area contributed by atoms with Crippen LogP contribution in [0.25, 0.3) is 0 Å². The molecule has 150 valence electrons. The number of rotatable bonds is 4. The Morgan fingerprint density at radius 3 is 2.48 bits per heavy atom. The van der Waals surface area contributed by atoms with Crippen molar-refractivity contribution in [2.45, 2.75) is 37.1 Å². The lowest BCUT2D eigenvalue weighted by Gasteiger charge is -2.38. The van der Waals surface area contributed by atoms with E-state index in [1.165, 1.54) is 29.4 Å². The van der Waals surface area contributed by atoms with Crippen LogP contribution in [-0.4, -0.2) is 79.8 Å². The molecule has 9 heteroatoms. The lowest BCUT2D eigenvalue weighted by Crippen LogP contribution is -2.52. The summed E-state index contributed by atoms with van der Waals surface area (Å²) in [4.78, 5) is 15.4. The summed E-state index contributed by atoms with van der Waals surface area (Å²) in [6.45, 7) is 6.32. The highest BCUT2D eigenvalue weighted by Gasteiger charge is 2.34. The molecule has 0 saturated carbocycles. The number of sulfonamides is 1. The Morgan fingerprint density at radius 2 is 1.81 bits per heavy atom. The molecule has 2 saturated heterocycles. The zero-order valence-corrected chi connectivity index (χ0v) is 16.8. The van der Waals surface area contributed by atoms with Crippen LogP contribution in [0.15, 0.2) is 23.1 Å². The third-order valence-corrected chi connectivity index (χ3v) is 7.74. The second kappa shape index (κ2) is 8.22. The van der Waals surface area contributed by atoms with Gasteiger partial charge < -0.3 is 4.90 Å². The molecule has 2 fully saturated rings. The molecule has 3 rings (SSSR count). The molecular formula is C18H28N4O4S. The van der Waals surface area contributed by atoms with Gasteiger partial charge in [0.25, 0.3) is 5.69 Å². The van der Waals surface area contributed by atoms with E-state index in [0.29, 0.717) is 13.1 Å². The maximum Gasteiger partial charge on any atom is 0.273 e. The topological polar surface area (TPSA) is 87.0 Å². The molecule has 0 radical (unpaired) electrons. The van der Waals surface area contributed by atoms with Gasteiger partial charge in [0.1, 0.15) is 0 Å². The number of benzene rings is 1. The van der Waals surface area contributed by atoms with E-state index in [4.69, 9.17) is 0 Å². The first-order valence-corrected chi connectivity index (χ1v) is 10.9.